The molecule has 2 heterocycles. The molecule has 3 N–H and O–H groups in total. The van der Waals surface area contributed by atoms with E-state index >= 15 is 0 Å². The topological polar surface area (TPSA) is 79.3 Å². The lowest BCUT2D eigenvalue weighted by Crippen LogP contribution is -2.13. The molecule has 0 bridgehead atoms. The minimum atomic E-state index is 0.0471. The third-order valence-electron chi connectivity index (χ3n) is 4.63. The first-order valence-corrected chi connectivity index (χ1v) is 9.03. The second-order valence-corrected chi connectivity index (χ2v) is 6.32. The molecular formula is C21H22N4O2. The maximum atomic E-state index is 9.26. The van der Waals surface area contributed by atoms with Gasteiger partial charge < -0.3 is 20.5 Å². The summed E-state index contributed by atoms with van der Waals surface area (Å²) in [6.07, 6.45) is 0.806. The molecule has 0 saturated carbocycles. The van der Waals surface area contributed by atoms with E-state index in [9.17, 15) is 5.11 Å². The number of methoxy groups -OCH3 is 1. The van der Waals surface area contributed by atoms with E-state index in [4.69, 9.17) is 14.7 Å². The van der Waals surface area contributed by atoms with Crippen molar-refractivity contribution in [2.45, 2.75) is 6.42 Å². The van der Waals surface area contributed by atoms with Crippen molar-refractivity contribution < 1.29 is 9.84 Å². The first-order chi connectivity index (χ1) is 13.3. The number of nitrogens with zero attached hydrogens (tertiary/aromatic N) is 2. The second-order valence-electron chi connectivity index (χ2n) is 6.32. The van der Waals surface area contributed by atoms with Gasteiger partial charge in [0.25, 0.3) is 0 Å². The van der Waals surface area contributed by atoms with Crippen LogP contribution in [0.2, 0.25) is 0 Å². The van der Waals surface area contributed by atoms with Crippen molar-refractivity contribution in [1.82, 2.24) is 9.97 Å². The summed E-state index contributed by atoms with van der Waals surface area (Å²) in [5.74, 6) is 2.22. The van der Waals surface area contributed by atoms with Gasteiger partial charge in [-0.15, -0.1) is 0 Å². The van der Waals surface area contributed by atoms with Crippen LogP contribution in [0.3, 0.4) is 0 Å². The lowest BCUT2D eigenvalue weighted by atomic mass is 10.0. The van der Waals surface area contributed by atoms with E-state index in [1.54, 1.807) is 7.11 Å². The van der Waals surface area contributed by atoms with E-state index in [-0.39, 0.29) is 6.61 Å². The number of para-hydroxylation sites is 1. The van der Waals surface area contributed by atoms with Crippen LogP contribution in [0.1, 0.15) is 5.56 Å². The third kappa shape index (κ3) is 3.44. The molecule has 138 valence electrons. The number of ether oxygens (including phenoxy) is 1. The van der Waals surface area contributed by atoms with Gasteiger partial charge in [-0.05, 0) is 36.8 Å². The lowest BCUT2D eigenvalue weighted by molar-refractivity contribution is 0.311. The number of aromatic nitrogens is 2. The molecule has 0 aliphatic carbocycles. The predicted molar refractivity (Wildman–Crippen MR) is 107 cm³/mol. The number of fused-ring (bicyclic) bond motifs is 3. The van der Waals surface area contributed by atoms with Gasteiger partial charge in [-0.3, -0.25) is 0 Å². The minimum Gasteiger partial charge on any atom is -0.497 e. The SMILES string of the molecule is COc1ccc(-c2nc(NCCO)c3c(n2)-c2ccccc2NCC3)cc1. The van der Waals surface area contributed by atoms with E-state index in [0.29, 0.717) is 12.4 Å². The van der Waals surface area contributed by atoms with Crippen molar-refractivity contribution in [3.63, 3.8) is 0 Å². The number of anilines is 2. The number of aliphatic hydroxyl groups is 1. The van der Waals surface area contributed by atoms with Gasteiger partial charge in [0.2, 0.25) is 0 Å². The Morgan fingerprint density at radius 3 is 2.70 bits per heavy atom. The van der Waals surface area contributed by atoms with Crippen LogP contribution in [-0.2, 0) is 6.42 Å². The Bertz CT molecular complexity index is 941. The van der Waals surface area contributed by atoms with Gasteiger partial charge in [0, 0.05) is 35.5 Å². The van der Waals surface area contributed by atoms with E-state index in [2.05, 4.69) is 22.8 Å². The Labute approximate surface area is 158 Å². The van der Waals surface area contributed by atoms with Gasteiger partial charge in [0.1, 0.15) is 11.6 Å². The van der Waals surface area contributed by atoms with Crippen molar-refractivity contribution in [3.8, 4) is 28.4 Å². The van der Waals surface area contributed by atoms with Crippen LogP contribution in [0.25, 0.3) is 22.6 Å². The van der Waals surface area contributed by atoms with Crippen molar-refractivity contribution in [2.24, 2.45) is 0 Å². The van der Waals surface area contributed by atoms with Crippen LogP contribution >= 0.6 is 0 Å². The molecule has 1 aliphatic heterocycles. The largest absolute Gasteiger partial charge is 0.497 e. The second kappa shape index (κ2) is 7.63. The minimum absolute atomic E-state index is 0.0471. The molecule has 1 aliphatic rings. The molecule has 0 unspecified atom stereocenters. The number of benzene rings is 2. The highest BCUT2D eigenvalue weighted by Gasteiger charge is 2.21. The summed E-state index contributed by atoms with van der Waals surface area (Å²) in [5, 5.41) is 16.0. The maximum absolute atomic E-state index is 9.26. The fourth-order valence-electron chi connectivity index (χ4n) is 3.30. The lowest BCUT2D eigenvalue weighted by Gasteiger charge is -2.15. The predicted octanol–water partition coefficient (Wildman–Crippen LogP) is 3.19. The summed E-state index contributed by atoms with van der Waals surface area (Å²) >= 11 is 0. The van der Waals surface area contributed by atoms with Crippen LogP contribution in [-0.4, -0.2) is 41.9 Å². The standard InChI is InChI=1S/C21H22N4O2/c1-27-15-8-6-14(7-9-15)20-24-19-16-4-2-3-5-18(16)22-11-10-17(19)21(25-20)23-12-13-26/h2-9,22,26H,10-13H2,1H3,(H,23,24,25). The number of aliphatic hydroxyl groups excluding tert-OH is 1. The molecular weight excluding hydrogens is 340 g/mol. The van der Waals surface area contributed by atoms with Gasteiger partial charge in [-0.25, -0.2) is 9.97 Å². The van der Waals surface area contributed by atoms with Crippen molar-refractivity contribution in [1.29, 1.82) is 0 Å². The highest BCUT2D eigenvalue weighted by atomic mass is 16.5. The molecule has 6 heteroatoms. The molecule has 0 amide bonds. The summed E-state index contributed by atoms with van der Waals surface area (Å²) in [7, 11) is 1.65. The van der Waals surface area contributed by atoms with E-state index < -0.39 is 0 Å². The number of rotatable bonds is 5. The van der Waals surface area contributed by atoms with Crippen molar-refractivity contribution in [3.05, 3.63) is 54.1 Å². The molecule has 0 radical (unpaired) electrons. The van der Waals surface area contributed by atoms with Crippen molar-refractivity contribution in [2.75, 3.05) is 37.4 Å². The summed E-state index contributed by atoms with van der Waals surface area (Å²) in [5.41, 5.74) is 5.05. The Hall–Kier alpha value is -3.12. The van der Waals surface area contributed by atoms with Crippen LogP contribution < -0.4 is 15.4 Å². The molecule has 6 nitrogen and oxygen atoms in total. The third-order valence-corrected chi connectivity index (χ3v) is 4.63. The first kappa shape index (κ1) is 17.3. The molecule has 27 heavy (non-hydrogen) atoms. The summed E-state index contributed by atoms with van der Waals surface area (Å²) in [6.45, 7) is 1.30. The summed E-state index contributed by atoms with van der Waals surface area (Å²) in [4.78, 5) is 9.68. The van der Waals surface area contributed by atoms with Crippen LogP contribution in [0.15, 0.2) is 48.5 Å². The smallest absolute Gasteiger partial charge is 0.162 e. The monoisotopic (exact) mass is 362 g/mol. The molecule has 4 rings (SSSR count). The zero-order valence-electron chi connectivity index (χ0n) is 15.2. The van der Waals surface area contributed by atoms with Gasteiger partial charge >= 0.3 is 0 Å². The molecule has 0 fully saturated rings. The van der Waals surface area contributed by atoms with Crippen molar-refractivity contribution >= 4 is 11.5 Å². The summed E-state index contributed by atoms with van der Waals surface area (Å²) < 4.78 is 5.25. The normalized spacial score (nSPS) is 12.4. The van der Waals surface area contributed by atoms with Gasteiger partial charge in [-0.1, -0.05) is 18.2 Å². The first-order valence-electron chi connectivity index (χ1n) is 9.03. The number of nitrogens with one attached hydrogen (secondary N) is 2. The molecule has 0 atom stereocenters. The highest BCUT2D eigenvalue weighted by molar-refractivity contribution is 5.82. The fourth-order valence-corrected chi connectivity index (χ4v) is 3.30. The molecule has 0 spiro atoms. The Morgan fingerprint density at radius 1 is 1.11 bits per heavy atom. The van der Waals surface area contributed by atoms with Gasteiger partial charge in [-0.2, -0.15) is 0 Å². The Kier molecular flexibility index (Phi) is 4.89. The molecule has 1 aromatic heterocycles. The fraction of sp³-hybridized carbons (Fsp3) is 0.238. The maximum Gasteiger partial charge on any atom is 0.162 e. The van der Waals surface area contributed by atoms with Crippen LogP contribution in [0, 0.1) is 0 Å². The Morgan fingerprint density at radius 2 is 1.93 bits per heavy atom. The number of hydrogen-bond donors (Lipinski definition) is 3. The van der Waals surface area contributed by atoms with E-state index in [0.717, 1.165) is 52.6 Å². The molecule has 3 aromatic rings. The zero-order valence-corrected chi connectivity index (χ0v) is 15.2. The van der Waals surface area contributed by atoms with Crippen LogP contribution in [0.5, 0.6) is 5.75 Å². The van der Waals surface area contributed by atoms with Gasteiger partial charge in [0.15, 0.2) is 5.82 Å². The van der Waals surface area contributed by atoms with Crippen LogP contribution in [0.4, 0.5) is 11.5 Å². The quantitative estimate of drug-likeness (QED) is 0.647. The summed E-state index contributed by atoms with van der Waals surface area (Å²) in [6, 6.07) is 15.9. The Balaban J connectivity index is 1.88. The number of hydrogen-bond acceptors (Lipinski definition) is 6. The zero-order chi connectivity index (χ0) is 18.6. The average Bonchev–Trinajstić information content (AvgIpc) is 2.91. The highest BCUT2D eigenvalue weighted by Crippen LogP contribution is 2.36. The van der Waals surface area contributed by atoms with Gasteiger partial charge in [0.05, 0.1) is 19.4 Å². The molecule has 2 aromatic carbocycles. The average molecular weight is 362 g/mol. The molecule has 0 saturated heterocycles. The van der Waals surface area contributed by atoms with E-state index in [1.807, 2.05) is 36.4 Å². The van der Waals surface area contributed by atoms with E-state index in [1.165, 1.54) is 0 Å².